The minimum absolute atomic E-state index is 0.115. The van der Waals surface area contributed by atoms with Gasteiger partial charge in [-0.25, -0.2) is 8.42 Å². The number of amides is 2. The molecule has 31 heavy (non-hydrogen) atoms. The van der Waals surface area contributed by atoms with E-state index < -0.39 is 22.0 Å². The Morgan fingerprint density at radius 2 is 1.84 bits per heavy atom. The predicted molar refractivity (Wildman–Crippen MR) is 118 cm³/mol. The number of carbonyl (C=O) groups is 2. The molecule has 3 aromatic rings. The zero-order valence-corrected chi connectivity index (χ0v) is 17.8. The first-order chi connectivity index (χ1) is 14.7. The van der Waals surface area contributed by atoms with Gasteiger partial charge in [-0.15, -0.1) is 0 Å². The molecular weight excluding hydrogens is 418 g/mol. The van der Waals surface area contributed by atoms with Crippen molar-refractivity contribution in [2.75, 3.05) is 24.2 Å². The maximum atomic E-state index is 12.9. The van der Waals surface area contributed by atoms with Gasteiger partial charge in [-0.1, -0.05) is 30.3 Å². The quantitative estimate of drug-likeness (QED) is 0.636. The molecule has 0 unspecified atom stereocenters. The van der Waals surface area contributed by atoms with Crippen molar-refractivity contribution in [3.63, 3.8) is 0 Å². The van der Waals surface area contributed by atoms with Crippen LogP contribution in [0.2, 0.25) is 0 Å². The molecule has 8 nitrogen and oxygen atoms in total. The van der Waals surface area contributed by atoms with E-state index in [0.29, 0.717) is 17.1 Å². The maximum Gasteiger partial charge on any atom is 0.265 e. The Morgan fingerprint density at radius 3 is 2.61 bits per heavy atom. The number of sulfonamides is 1. The molecule has 1 heterocycles. The predicted octanol–water partition coefficient (Wildman–Crippen LogP) is 2.82. The average molecular weight is 439 g/mol. The van der Waals surface area contributed by atoms with Gasteiger partial charge in [0.05, 0.1) is 17.1 Å². The van der Waals surface area contributed by atoms with E-state index >= 15 is 0 Å². The fourth-order valence-electron chi connectivity index (χ4n) is 3.28. The van der Waals surface area contributed by atoms with Crippen LogP contribution in [-0.2, 0) is 19.6 Å². The Kier molecular flexibility index (Phi) is 5.38. The second-order valence-corrected chi connectivity index (χ2v) is 9.32. The Hall–Kier alpha value is -3.43. The molecule has 1 aliphatic rings. The van der Waals surface area contributed by atoms with Crippen LogP contribution in [-0.4, -0.2) is 44.2 Å². The molecule has 2 N–H and O–H groups in total. The SMILES string of the molecule is C[C@H]1Oc2ccc(NC(=O)CN(C)S(=O)(=O)c3ccc4ccccc4c3)cc2NC1=O. The zero-order valence-electron chi connectivity index (χ0n) is 17.0. The van der Waals surface area contributed by atoms with Crippen molar-refractivity contribution in [2.24, 2.45) is 0 Å². The number of carbonyl (C=O) groups excluding carboxylic acids is 2. The van der Waals surface area contributed by atoms with Gasteiger partial charge in [-0.2, -0.15) is 4.31 Å². The molecular formula is C22H21N3O5S. The van der Waals surface area contributed by atoms with E-state index in [4.69, 9.17) is 4.74 Å². The van der Waals surface area contributed by atoms with E-state index in [9.17, 15) is 18.0 Å². The summed E-state index contributed by atoms with van der Waals surface area (Å²) < 4.78 is 32.3. The molecule has 0 saturated heterocycles. The van der Waals surface area contributed by atoms with E-state index in [0.717, 1.165) is 15.1 Å². The monoisotopic (exact) mass is 439 g/mol. The van der Waals surface area contributed by atoms with Crippen LogP contribution in [0.5, 0.6) is 5.75 Å². The Labute approximate surface area is 179 Å². The van der Waals surface area contributed by atoms with Crippen molar-refractivity contribution in [1.82, 2.24) is 4.31 Å². The highest BCUT2D eigenvalue weighted by molar-refractivity contribution is 7.89. The molecule has 2 amide bonds. The number of likely N-dealkylation sites (N-methyl/N-ethyl adjacent to an activating group) is 1. The first-order valence-corrected chi connectivity index (χ1v) is 11.0. The molecule has 0 radical (unpaired) electrons. The molecule has 4 rings (SSSR count). The third kappa shape index (κ3) is 4.23. The molecule has 0 spiro atoms. The van der Waals surface area contributed by atoms with Crippen LogP contribution in [0.15, 0.2) is 65.6 Å². The van der Waals surface area contributed by atoms with Gasteiger partial charge in [-0.3, -0.25) is 9.59 Å². The summed E-state index contributed by atoms with van der Waals surface area (Å²) >= 11 is 0. The Balaban J connectivity index is 1.46. The summed E-state index contributed by atoms with van der Waals surface area (Å²) in [5.74, 6) is -0.290. The highest BCUT2D eigenvalue weighted by atomic mass is 32.2. The molecule has 0 aliphatic carbocycles. The lowest BCUT2D eigenvalue weighted by atomic mass is 10.1. The van der Waals surface area contributed by atoms with Gasteiger partial charge in [0.25, 0.3) is 5.91 Å². The number of fused-ring (bicyclic) bond motifs is 2. The lowest BCUT2D eigenvalue weighted by Gasteiger charge is -2.24. The van der Waals surface area contributed by atoms with Crippen molar-refractivity contribution >= 4 is 44.0 Å². The van der Waals surface area contributed by atoms with Gasteiger partial charge in [0.2, 0.25) is 15.9 Å². The van der Waals surface area contributed by atoms with E-state index in [1.54, 1.807) is 37.3 Å². The minimum Gasteiger partial charge on any atom is -0.479 e. The second-order valence-electron chi connectivity index (χ2n) is 7.28. The van der Waals surface area contributed by atoms with Crippen molar-refractivity contribution < 1.29 is 22.7 Å². The summed E-state index contributed by atoms with van der Waals surface area (Å²) in [6.07, 6.45) is -0.595. The summed E-state index contributed by atoms with van der Waals surface area (Å²) in [5, 5.41) is 7.08. The fraction of sp³-hybridized carbons (Fsp3) is 0.182. The minimum atomic E-state index is -3.85. The topological polar surface area (TPSA) is 105 Å². The molecule has 9 heteroatoms. The van der Waals surface area contributed by atoms with Crippen LogP contribution in [0.4, 0.5) is 11.4 Å². The third-order valence-corrected chi connectivity index (χ3v) is 6.79. The van der Waals surface area contributed by atoms with Gasteiger partial charge in [0.1, 0.15) is 5.75 Å². The van der Waals surface area contributed by atoms with Gasteiger partial charge in [0, 0.05) is 12.7 Å². The fourth-order valence-corrected chi connectivity index (χ4v) is 4.45. The number of nitrogens with zero attached hydrogens (tertiary/aromatic N) is 1. The Morgan fingerprint density at radius 1 is 1.10 bits per heavy atom. The first kappa shape index (κ1) is 20.8. The van der Waals surface area contributed by atoms with E-state index in [2.05, 4.69) is 10.6 Å². The molecule has 1 atom stereocenters. The van der Waals surface area contributed by atoms with Crippen LogP contribution in [0, 0.1) is 0 Å². The Bertz CT molecular complexity index is 1290. The average Bonchev–Trinajstić information content (AvgIpc) is 2.74. The van der Waals surface area contributed by atoms with Crippen LogP contribution in [0.1, 0.15) is 6.92 Å². The summed E-state index contributed by atoms with van der Waals surface area (Å²) in [5.41, 5.74) is 0.858. The molecule has 0 aromatic heterocycles. The summed E-state index contributed by atoms with van der Waals surface area (Å²) in [7, 11) is -2.50. The number of nitrogens with one attached hydrogen (secondary N) is 2. The first-order valence-electron chi connectivity index (χ1n) is 9.60. The van der Waals surface area contributed by atoms with Crippen molar-refractivity contribution in [3.05, 3.63) is 60.7 Å². The second kappa shape index (κ2) is 8.01. The lowest BCUT2D eigenvalue weighted by molar-refractivity contribution is -0.122. The molecule has 0 fully saturated rings. The number of hydrogen-bond acceptors (Lipinski definition) is 5. The standard InChI is InChI=1S/C22H21N3O5S/c1-14-22(27)24-19-12-17(8-10-20(19)30-14)23-21(26)13-25(2)31(28,29)18-9-7-15-5-3-4-6-16(15)11-18/h3-12,14H,13H2,1-2H3,(H,23,26)(H,24,27)/t14-/m1/s1. The van der Waals surface area contributed by atoms with Crippen molar-refractivity contribution in [2.45, 2.75) is 17.9 Å². The van der Waals surface area contributed by atoms with Crippen LogP contribution >= 0.6 is 0 Å². The van der Waals surface area contributed by atoms with Crippen LogP contribution in [0.25, 0.3) is 10.8 Å². The van der Waals surface area contributed by atoms with Gasteiger partial charge in [0.15, 0.2) is 6.10 Å². The third-order valence-electron chi connectivity index (χ3n) is 4.99. The van der Waals surface area contributed by atoms with Crippen molar-refractivity contribution in [1.29, 1.82) is 0 Å². The summed E-state index contributed by atoms with van der Waals surface area (Å²) in [6, 6.07) is 17.1. The van der Waals surface area contributed by atoms with E-state index in [1.165, 1.54) is 13.1 Å². The highest BCUT2D eigenvalue weighted by Gasteiger charge is 2.25. The number of hydrogen-bond donors (Lipinski definition) is 2. The molecule has 1 aliphatic heterocycles. The lowest BCUT2D eigenvalue weighted by Crippen LogP contribution is -2.35. The maximum absolute atomic E-state index is 12.9. The summed E-state index contributed by atoms with van der Waals surface area (Å²) in [4.78, 5) is 24.3. The van der Waals surface area contributed by atoms with E-state index in [-0.39, 0.29) is 17.3 Å². The number of anilines is 2. The molecule has 160 valence electrons. The number of ether oxygens (including phenoxy) is 1. The van der Waals surface area contributed by atoms with Gasteiger partial charge < -0.3 is 15.4 Å². The van der Waals surface area contributed by atoms with E-state index in [1.807, 2.05) is 24.3 Å². The highest BCUT2D eigenvalue weighted by Crippen LogP contribution is 2.32. The van der Waals surface area contributed by atoms with Gasteiger partial charge in [-0.05, 0) is 48.0 Å². The summed E-state index contributed by atoms with van der Waals surface area (Å²) in [6.45, 7) is 1.27. The smallest absolute Gasteiger partial charge is 0.265 e. The number of benzene rings is 3. The largest absolute Gasteiger partial charge is 0.479 e. The van der Waals surface area contributed by atoms with Crippen molar-refractivity contribution in [3.8, 4) is 5.75 Å². The molecule has 0 bridgehead atoms. The van der Waals surface area contributed by atoms with Crippen LogP contribution in [0.3, 0.4) is 0 Å². The number of rotatable bonds is 5. The molecule has 0 saturated carbocycles. The normalized spacial score (nSPS) is 15.8. The van der Waals surface area contributed by atoms with Crippen LogP contribution < -0.4 is 15.4 Å². The van der Waals surface area contributed by atoms with Gasteiger partial charge >= 0.3 is 0 Å². The zero-order chi connectivity index (χ0) is 22.2. The molecule has 3 aromatic carbocycles.